The van der Waals surface area contributed by atoms with E-state index >= 15 is 0 Å². The van der Waals surface area contributed by atoms with Gasteiger partial charge in [0.2, 0.25) is 0 Å². The SMILES string of the molecule is C[C@@]1(CO)C[C@]1(Cl)Br. The lowest BCUT2D eigenvalue weighted by Crippen LogP contribution is -2.08. The Kier molecular flexibility index (Phi) is 1.38. The second-order valence-corrected chi connectivity index (χ2v) is 5.06. The van der Waals surface area contributed by atoms with Gasteiger partial charge in [0.1, 0.15) is 3.78 Å². The van der Waals surface area contributed by atoms with Gasteiger partial charge in [-0.15, -0.1) is 11.6 Å². The first-order valence-electron chi connectivity index (χ1n) is 2.50. The summed E-state index contributed by atoms with van der Waals surface area (Å²) in [6.07, 6.45) is 0.859. The zero-order valence-corrected chi connectivity index (χ0v) is 6.96. The van der Waals surface area contributed by atoms with Crippen LogP contribution in [0.3, 0.4) is 0 Å². The quantitative estimate of drug-likeness (QED) is 0.638. The van der Waals surface area contributed by atoms with Crippen molar-refractivity contribution in [3.63, 3.8) is 0 Å². The lowest BCUT2D eigenvalue weighted by molar-refractivity contribution is 0.223. The van der Waals surface area contributed by atoms with E-state index in [-0.39, 0.29) is 15.8 Å². The van der Waals surface area contributed by atoms with Crippen molar-refractivity contribution in [2.75, 3.05) is 6.61 Å². The van der Waals surface area contributed by atoms with Crippen LogP contribution < -0.4 is 0 Å². The number of halogens is 2. The molecule has 8 heavy (non-hydrogen) atoms. The summed E-state index contributed by atoms with van der Waals surface area (Å²) in [5.41, 5.74) is -0.0748. The molecule has 1 aliphatic rings. The molecule has 0 heterocycles. The monoisotopic (exact) mass is 198 g/mol. The molecule has 0 radical (unpaired) electrons. The van der Waals surface area contributed by atoms with Crippen molar-refractivity contribution in [2.24, 2.45) is 5.41 Å². The third-order valence-corrected chi connectivity index (χ3v) is 3.55. The second kappa shape index (κ2) is 1.61. The maximum Gasteiger partial charge on any atom is 0.107 e. The summed E-state index contributed by atoms with van der Waals surface area (Å²) in [5.74, 6) is 0. The number of aliphatic hydroxyl groups excluding tert-OH is 1. The van der Waals surface area contributed by atoms with Crippen molar-refractivity contribution in [1.82, 2.24) is 0 Å². The minimum absolute atomic E-state index is 0.0748. The molecular weight excluding hydrogens is 191 g/mol. The highest BCUT2D eigenvalue weighted by molar-refractivity contribution is 9.10. The summed E-state index contributed by atoms with van der Waals surface area (Å²) in [5, 5.41) is 8.69. The van der Waals surface area contributed by atoms with Gasteiger partial charge in [-0.1, -0.05) is 22.9 Å². The van der Waals surface area contributed by atoms with E-state index in [1.807, 2.05) is 6.92 Å². The fourth-order valence-corrected chi connectivity index (χ4v) is 1.72. The number of rotatable bonds is 1. The van der Waals surface area contributed by atoms with E-state index in [1.54, 1.807) is 0 Å². The van der Waals surface area contributed by atoms with Gasteiger partial charge in [-0.25, -0.2) is 0 Å². The molecule has 0 spiro atoms. The minimum Gasteiger partial charge on any atom is -0.396 e. The maximum absolute atomic E-state index is 8.69. The largest absolute Gasteiger partial charge is 0.396 e. The Labute approximate surface area is 62.2 Å². The molecule has 0 aromatic heterocycles. The predicted molar refractivity (Wildman–Crippen MR) is 37.3 cm³/mol. The van der Waals surface area contributed by atoms with Crippen molar-refractivity contribution < 1.29 is 5.11 Å². The van der Waals surface area contributed by atoms with E-state index in [0.29, 0.717) is 0 Å². The van der Waals surface area contributed by atoms with Gasteiger partial charge in [0, 0.05) is 5.41 Å². The van der Waals surface area contributed by atoms with E-state index in [4.69, 9.17) is 16.7 Å². The van der Waals surface area contributed by atoms with Gasteiger partial charge in [-0.2, -0.15) is 0 Å². The van der Waals surface area contributed by atoms with Crippen LogP contribution in [0.4, 0.5) is 0 Å². The Bertz CT molecular complexity index is 115. The van der Waals surface area contributed by atoms with Crippen LogP contribution in [0.1, 0.15) is 13.3 Å². The molecule has 1 rings (SSSR count). The Morgan fingerprint density at radius 1 is 1.88 bits per heavy atom. The Balaban J connectivity index is 2.55. The highest BCUT2D eigenvalue weighted by Gasteiger charge is 2.61. The van der Waals surface area contributed by atoms with Crippen LogP contribution in [0, 0.1) is 5.41 Å². The molecule has 0 aromatic rings. The van der Waals surface area contributed by atoms with Gasteiger partial charge in [0.05, 0.1) is 6.61 Å². The Morgan fingerprint density at radius 3 is 2.25 bits per heavy atom. The van der Waals surface area contributed by atoms with Gasteiger partial charge < -0.3 is 5.11 Å². The third-order valence-electron chi connectivity index (χ3n) is 1.72. The number of hydrogen-bond donors (Lipinski definition) is 1. The van der Waals surface area contributed by atoms with Gasteiger partial charge in [0.25, 0.3) is 0 Å². The summed E-state index contributed by atoms with van der Waals surface area (Å²) in [7, 11) is 0. The van der Waals surface area contributed by atoms with Crippen LogP contribution in [-0.2, 0) is 0 Å². The molecule has 48 valence electrons. The highest BCUT2D eigenvalue weighted by Crippen LogP contribution is 2.64. The molecule has 3 heteroatoms. The molecule has 0 unspecified atom stereocenters. The smallest absolute Gasteiger partial charge is 0.107 e. The van der Waals surface area contributed by atoms with E-state index < -0.39 is 0 Å². The van der Waals surface area contributed by atoms with E-state index in [1.165, 1.54) is 0 Å². The molecule has 1 fully saturated rings. The lowest BCUT2D eigenvalue weighted by Gasteiger charge is -2.04. The summed E-state index contributed by atoms with van der Waals surface area (Å²) in [6.45, 7) is 2.12. The normalized spacial score (nSPS) is 54.0. The number of hydrogen-bond acceptors (Lipinski definition) is 1. The average molecular weight is 199 g/mol. The van der Waals surface area contributed by atoms with Gasteiger partial charge >= 0.3 is 0 Å². The molecule has 1 saturated carbocycles. The molecule has 1 nitrogen and oxygen atoms in total. The van der Waals surface area contributed by atoms with Crippen molar-refractivity contribution in [3.05, 3.63) is 0 Å². The van der Waals surface area contributed by atoms with Gasteiger partial charge in [0.15, 0.2) is 0 Å². The number of aliphatic hydroxyl groups is 1. The van der Waals surface area contributed by atoms with Crippen molar-refractivity contribution in [2.45, 2.75) is 17.1 Å². The van der Waals surface area contributed by atoms with E-state index in [9.17, 15) is 0 Å². The van der Waals surface area contributed by atoms with Crippen LogP contribution in [0.2, 0.25) is 0 Å². The molecule has 0 saturated heterocycles. The van der Waals surface area contributed by atoms with Crippen LogP contribution in [-0.4, -0.2) is 15.5 Å². The minimum atomic E-state index is -0.311. The predicted octanol–water partition coefficient (Wildman–Crippen LogP) is 1.72. The summed E-state index contributed by atoms with van der Waals surface area (Å²) in [4.78, 5) is 0. The first-order valence-corrected chi connectivity index (χ1v) is 3.68. The lowest BCUT2D eigenvalue weighted by atomic mass is 10.2. The standard InChI is InChI=1S/C5H8BrClO/c1-4(3-8)2-5(4,6)7/h8H,2-3H2,1H3/t4-,5+/m0/s1. The fraction of sp³-hybridized carbons (Fsp3) is 1.00. The summed E-state index contributed by atoms with van der Waals surface area (Å²) < 4.78 is -0.311. The molecular formula is C5H8BrClO. The highest BCUT2D eigenvalue weighted by atomic mass is 79.9. The van der Waals surface area contributed by atoms with Crippen LogP contribution in [0.25, 0.3) is 0 Å². The summed E-state index contributed by atoms with van der Waals surface area (Å²) in [6, 6.07) is 0. The second-order valence-electron chi connectivity index (χ2n) is 2.60. The van der Waals surface area contributed by atoms with Gasteiger partial charge in [-0.3, -0.25) is 0 Å². The fourth-order valence-electron chi connectivity index (χ4n) is 0.617. The molecule has 2 atom stereocenters. The Morgan fingerprint density at radius 2 is 2.25 bits per heavy atom. The molecule has 1 N–H and O–H groups in total. The third kappa shape index (κ3) is 0.789. The van der Waals surface area contributed by atoms with Crippen molar-refractivity contribution in [3.8, 4) is 0 Å². The van der Waals surface area contributed by atoms with Crippen molar-refractivity contribution >= 4 is 27.5 Å². The first kappa shape index (κ1) is 6.84. The van der Waals surface area contributed by atoms with Gasteiger partial charge in [-0.05, 0) is 6.42 Å². The molecule has 0 bridgehead atoms. The Hall–Kier alpha value is 0.730. The van der Waals surface area contributed by atoms with Crippen LogP contribution in [0.5, 0.6) is 0 Å². The van der Waals surface area contributed by atoms with E-state index in [2.05, 4.69) is 15.9 Å². The first-order chi connectivity index (χ1) is 3.52. The average Bonchev–Trinajstić information content (AvgIpc) is 2.10. The van der Waals surface area contributed by atoms with E-state index in [0.717, 1.165) is 6.42 Å². The van der Waals surface area contributed by atoms with Crippen LogP contribution >= 0.6 is 27.5 Å². The maximum atomic E-state index is 8.69. The zero-order valence-electron chi connectivity index (χ0n) is 4.62. The zero-order chi connectivity index (χ0) is 6.41. The molecule has 1 aliphatic carbocycles. The summed E-state index contributed by atoms with van der Waals surface area (Å²) >= 11 is 9.08. The van der Waals surface area contributed by atoms with Crippen molar-refractivity contribution in [1.29, 1.82) is 0 Å². The molecule has 0 aromatic carbocycles. The topological polar surface area (TPSA) is 20.2 Å². The molecule has 0 aliphatic heterocycles. The molecule has 0 amide bonds. The number of alkyl halides is 2. The van der Waals surface area contributed by atoms with Crippen LogP contribution in [0.15, 0.2) is 0 Å².